The Hall–Kier alpha value is -2.34. The molecule has 5 nitrogen and oxygen atoms in total. The van der Waals surface area contributed by atoms with Gasteiger partial charge in [-0.3, -0.25) is 4.72 Å². The Bertz CT molecular complexity index is 960. The van der Waals surface area contributed by atoms with E-state index < -0.39 is 10.0 Å². The highest BCUT2D eigenvalue weighted by molar-refractivity contribution is 7.92. The number of fused-ring (bicyclic) bond motifs is 1. The zero-order valence-electron chi connectivity index (χ0n) is 14.6. The number of anilines is 1. The predicted molar refractivity (Wildman–Crippen MR) is 102 cm³/mol. The second-order valence-electron chi connectivity index (χ2n) is 6.24. The van der Waals surface area contributed by atoms with Crippen molar-refractivity contribution in [3.8, 4) is 0 Å². The summed E-state index contributed by atoms with van der Waals surface area (Å²) in [6, 6.07) is 15.7. The fraction of sp³-hybridized carbons (Fsp3) is 0.316. The maximum absolute atomic E-state index is 11.3. The predicted octanol–water partition coefficient (Wildman–Crippen LogP) is 3.60. The second-order valence-corrected chi connectivity index (χ2v) is 7.99. The van der Waals surface area contributed by atoms with Crippen LogP contribution in [-0.2, 0) is 29.4 Å². The maximum Gasteiger partial charge on any atom is 0.229 e. The zero-order valence-corrected chi connectivity index (χ0v) is 15.4. The minimum atomic E-state index is -3.24. The van der Waals surface area contributed by atoms with Gasteiger partial charge in [-0.25, -0.2) is 13.4 Å². The van der Waals surface area contributed by atoms with E-state index in [9.17, 15) is 8.42 Å². The van der Waals surface area contributed by atoms with Gasteiger partial charge in [-0.05, 0) is 42.7 Å². The van der Waals surface area contributed by atoms with Gasteiger partial charge >= 0.3 is 0 Å². The molecule has 0 amide bonds. The summed E-state index contributed by atoms with van der Waals surface area (Å²) in [7, 11) is -3.24. The second kappa shape index (κ2) is 7.27. The molecule has 1 N–H and O–H groups in total. The monoisotopic (exact) mass is 357 g/mol. The molecule has 0 fully saturated rings. The van der Waals surface area contributed by atoms with Gasteiger partial charge in [-0.1, -0.05) is 31.2 Å². The van der Waals surface area contributed by atoms with Crippen molar-refractivity contribution in [2.24, 2.45) is 0 Å². The summed E-state index contributed by atoms with van der Waals surface area (Å²) >= 11 is 0. The molecular formula is C19H23N3O2S. The molecule has 0 bridgehead atoms. The average Bonchev–Trinajstić information content (AvgIpc) is 2.91. The van der Waals surface area contributed by atoms with Crippen molar-refractivity contribution in [3.05, 3.63) is 59.9 Å². The molecule has 0 aliphatic rings. The SMILES string of the molecule is CCCn1c(CCc2ccc(NS(C)(=O)=O)cc2)nc2ccccc21. The normalized spacial score (nSPS) is 11.8. The third kappa shape index (κ3) is 4.39. The molecule has 0 unspecified atom stereocenters. The van der Waals surface area contributed by atoms with E-state index in [0.717, 1.165) is 49.0 Å². The molecule has 0 saturated carbocycles. The molecule has 3 aromatic rings. The van der Waals surface area contributed by atoms with Crippen LogP contribution in [0.5, 0.6) is 0 Å². The lowest BCUT2D eigenvalue weighted by Gasteiger charge is -2.08. The van der Waals surface area contributed by atoms with E-state index >= 15 is 0 Å². The Labute approximate surface area is 148 Å². The number of aromatic nitrogens is 2. The molecule has 6 heteroatoms. The molecule has 132 valence electrons. The number of aryl methyl sites for hydroxylation is 3. The van der Waals surface area contributed by atoms with Crippen molar-refractivity contribution >= 4 is 26.7 Å². The van der Waals surface area contributed by atoms with E-state index in [1.54, 1.807) is 12.1 Å². The Morgan fingerprint density at radius 2 is 1.76 bits per heavy atom. The summed E-state index contributed by atoms with van der Waals surface area (Å²) < 4.78 is 27.3. The molecular weight excluding hydrogens is 334 g/mol. The van der Waals surface area contributed by atoms with E-state index in [0.29, 0.717) is 5.69 Å². The molecule has 2 aromatic carbocycles. The first-order valence-corrected chi connectivity index (χ1v) is 10.4. The van der Waals surface area contributed by atoms with Crippen LogP contribution in [0.4, 0.5) is 5.69 Å². The minimum absolute atomic E-state index is 0.587. The Kier molecular flexibility index (Phi) is 5.08. The first kappa shape index (κ1) is 17.5. The summed E-state index contributed by atoms with van der Waals surface area (Å²) in [4.78, 5) is 4.78. The highest BCUT2D eigenvalue weighted by atomic mass is 32.2. The lowest BCUT2D eigenvalue weighted by atomic mass is 10.1. The molecule has 0 saturated heterocycles. The van der Waals surface area contributed by atoms with Crippen LogP contribution in [0.1, 0.15) is 24.7 Å². The molecule has 0 radical (unpaired) electrons. The third-order valence-electron chi connectivity index (χ3n) is 4.08. The van der Waals surface area contributed by atoms with Crippen LogP contribution in [0.3, 0.4) is 0 Å². The molecule has 3 rings (SSSR count). The first-order valence-electron chi connectivity index (χ1n) is 8.47. The fourth-order valence-electron chi connectivity index (χ4n) is 3.00. The van der Waals surface area contributed by atoms with Crippen molar-refractivity contribution in [2.45, 2.75) is 32.7 Å². The smallest absolute Gasteiger partial charge is 0.229 e. The van der Waals surface area contributed by atoms with E-state index in [4.69, 9.17) is 4.98 Å². The van der Waals surface area contributed by atoms with E-state index in [1.165, 1.54) is 5.52 Å². The molecule has 0 aliphatic carbocycles. The topological polar surface area (TPSA) is 64.0 Å². The standard InChI is InChI=1S/C19H23N3O2S/c1-3-14-22-18-7-5-4-6-17(18)20-19(22)13-10-15-8-11-16(12-9-15)21-25(2,23)24/h4-9,11-12,21H,3,10,13-14H2,1-2H3. The van der Waals surface area contributed by atoms with Gasteiger partial charge in [-0.2, -0.15) is 0 Å². The number of para-hydroxylation sites is 2. The number of sulfonamides is 1. The minimum Gasteiger partial charge on any atom is -0.328 e. The van der Waals surface area contributed by atoms with Crippen LogP contribution in [0.2, 0.25) is 0 Å². The van der Waals surface area contributed by atoms with E-state index in [1.807, 2.05) is 24.3 Å². The highest BCUT2D eigenvalue weighted by Gasteiger charge is 2.10. The molecule has 0 aliphatic heterocycles. The Morgan fingerprint density at radius 3 is 2.44 bits per heavy atom. The highest BCUT2D eigenvalue weighted by Crippen LogP contribution is 2.19. The lowest BCUT2D eigenvalue weighted by molar-refractivity contribution is 0.607. The van der Waals surface area contributed by atoms with Crippen molar-refractivity contribution < 1.29 is 8.42 Å². The number of nitrogens with one attached hydrogen (secondary N) is 1. The van der Waals surface area contributed by atoms with Crippen molar-refractivity contribution in [2.75, 3.05) is 11.0 Å². The Balaban J connectivity index is 1.75. The van der Waals surface area contributed by atoms with Gasteiger partial charge in [0.2, 0.25) is 10.0 Å². The lowest BCUT2D eigenvalue weighted by Crippen LogP contribution is -2.09. The fourth-order valence-corrected chi connectivity index (χ4v) is 3.56. The molecule has 0 spiro atoms. The van der Waals surface area contributed by atoms with Crippen LogP contribution in [-0.4, -0.2) is 24.2 Å². The van der Waals surface area contributed by atoms with Crippen LogP contribution in [0.15, 0.2) is 48.5 Å². The molecule has 0 atom stereocenters. The molecule has 25 heavy (non-hydrogen) atoms. The van der Waals surface area contributed by atoms with E-state index in [2.05, 4.69) is 28.3 Å². The van der Waals surface area contributed by atoms with Crippen molar-refractivity contribution in [1.29, 1.82) is 0 Å². The zero-order chi connectivity index (χ0) is 17.9. The number of hydrogen-bond donors (Lipinski definition) is 1. The van der Waals surface area contributed by atoms with Crippen molar-refractivity contribution in [3.63, 3.8) is 0 Å². The third-order valence-corrected chi connectivity index (χ3v) is 4.68. The summed E-state index contributed by atoms with van der Waals surface area (Å²) in [5.41, 5.74) is 3.98. The maximum atomic E-state index is 11.3. The number of hydrogen-bond acceptors (Lipinski definition) is 3. The molecule has 1 heterocycles. The van der Waals surface area contributed by atoms with Crippen LogP contribution in [0, 0.1) is 0 Å². The first-order chi connectivity index (χ1) is 12.0. The van der Waals surface area contributed by atoms with Crippen molar-refractivity contribution in [1.82, 2.24) is 9.55 Å². The number of nitrogens with zero attached hydrogens (tertiary/aromatic N) is 2. The van der Waals surface area contributed by atoms with Crippen LogP contribution < -0.4 is 4.72 Å². The molecule has 1 aromatic heterocycles. The van der Waals surface area contributed by atoms with Gasteiger partial charge in [0.1, 0.15) is 5.82 Å². The summed E-state index contributed by atoms with van der Waals surface area (Å²) in [5.74, 6) is 1.10. The summed E-state index contributed by atoms with van der Waals surface area (Å²) in [6.07, 6.45) is 3.94. The van der Waals surface area contributed by atoms with E-state index in [-0.39, 0.29) is 0 Å². The quantitative estimate of drug-likeness (QED) is 0.703. The Morgan fingerprint density at radius 1 is 1.04 bits per heavy atom. The largest absolute Gasteiger partial charge is 0.328 e. The van der Waals surface area contributed by atoms with Gasteiger partial charge in [0.25, 0.3) is 0 Å². The van der Waals surface area contributed by atoms with Gasteiger partial charge < -0.3 is 4.57 Å². The van der Waals surface area contributed by atoms with Gasteiger partial charge in [0.05, 0.1) is 17.3 Å². The van der Waals surface area contributed by atoms with Gasteiger partial charge in [0.15, 0.2) is 0 Å². The van der Waals surface area contributed by atoms with Gasteiger partial charge in [0, 0.05) is 18.7 Å². The van der Waals surface area contributed by atoms with Crippen LogP contribution >= 0.6 is 0 Å². The average molecular weight is 357 g/mol. The number of rotatable bonds is 7. The number of imidazole rings is 1. The van der Waals surface area contributed by atoms with Gasteiger partial charge in [-0.15, -0.1) is 0 Å². The number of benzene rings is 2. The van der Waals surface area contributed by atoms with Crippen LogP contribution in [0.25, 0.3) is 11.0 Å². The summed E-state index contributed by atoms with van der Waals surface area (Å²) in [6.45, 7) is 3.14. The summed E-state index contributed by atoms with van der Waals surface area (Å²) in [5, 5.41) is 0.